The molecule has 0 saturated carbocycles. The van der Waals surface area contributed by atoms with Crippen LogP contribution in [0.5, 0.6) is 0 Å². The maximum atomic E-state index is 13.3. The third-order valence-corrected chi connectivity index (χ3v) is 6.36. The van der Waals surface area contributed by atoms with E-state index < -0.39 is 11.7 Å². The summed E-state index contributed by atoms with van der Waals surface area (Å²) in [6.45, 7) is 6.59. The van der Waals surface area contributed by atoms with Crippen LogP contribution in [0, 0.1) is 0 Å². The molecule has 0 aliphatic carbocycles. The molecule has 0 fully saturated rings. The first-order chi connectivity index (χ1) is 13.8. The first-order valence-corrected chi connectivity index (χ1v) is 10.8. The molecule has 156 valence electrons. The molecule has 29 heavy (non-hydrogen) atoms. The molecular weight excluding hydrogens is 397 g/mol. The van der Waals surface area contributed by atoms with Crippen molar-refractivity contribution in [3.63, 3.8) is 0 Å². The lowest BCUT2D eigenvalue weighted by Crippen LogP contribution is -2.35. The van der Waals surface area contributed by atoms with Crippen molar-refractivity contribution >= 4 is 23.4 Å². The SMILES string of the molecule is CCN(CC)CCC(=O)N1Cc2ccccc2CSc2ccc(C(F)(F)F)cc21. The van der Waals surface area contributed by atoms with Crippen LogP contribution in [-0.2, 0) is 23.3 Å². The number of fused-ring (bicyclic) bond motifs is 2. The van der Waals surface area contributed by atoms with Crippen molar-refractivity contribution in [2.45, 2.75) is 43.6 Å². The number of hydrogen-bond acceptors (Lipinski definition) is 3. The maximum absolute atomic E-state index is 13.3. The fraction of sp³-hybridized carbons (Fsp3) is 0.409. The molecule has 1 amide bonds. The van der Waals surface area contributed by atoms with Gasteiger partial charge in [-0.2, -0.15) is 13.2 Å². The predicted octanol–water partition coefficient (Wildman–Crippen LogP) is 5.58. The Labute approximate surface area is 173 Å². The fourth-order valence-corrected chi connectivity index (χ4v) is 4.52. The van der Waals surface area contributed by atoms with E-state index in [2.05, 4.69) is 4.90 Å². The Morgan fingerprint density at radius 3 is 2.45 bits per heavy atom. The molecule has 1 aliphatic heterocycles. The highest BCUT2D eigenvalue weighted by molar-refractivity contribution is 7.98. The summed E-state index contributed by atoms with van der Waals surface area (Å²) in [5, 5.41) is 0. The minimum absolute atomic E-state index is 0.158. The molecule has 7 heteroatoms. The minimum Gasteiger partial charge on any atom is -0.307 e. The number of rotatable bonds is 5. The highest BCUT2D eigenvalue weighted by Crippen LogP contribution is 2.40. The van der Waals surface area contributed by atoms with Crippen LogP contribution in [-0.4, -0.2) is 30.4 Å². The lowest BCUT2D eigenvalue weighted by atomic mass is 10.1. The number of halogens is 3. The van der Waals surface area contributed by atoms with E-state index in [0.717, 1.165) is 36.3 Å². The van der Waals surface area contributed by atoms with Crippen LogP contribution in [0.15, 0.2) is 47.4 Å². The Morgan fingerprint density at radius 1 is 1.10 bits per heavy atom. The zero-order chi connectivity index (χ0) is 21.0. The zero-order valence-electron chi connectivity index (χ0n) is 16.6. The molecule has 1 aliphatic rings. The van der Waals surface area contributed by atoms with Gasteiger partial charge >= 0.3 is 6.18 Å². The van der Waals surface area contributed by atoms with Gasteiger partial charge in [-0.3, -0.25) is 4.79 Å². The summed E-state index contributed by atoms with van der Waals surface area (Å²) in [7, 11) is 0. The molecule has 2 aromatic rings. The summed E-state index contributed by atoms with van der Waals surface area (Å²) in [5.41, 5.74) is 1.69. The van der Waals surface area contributed by atoms with Crippen molar-refractivity contribution in [1.82, 2.24) is 4.90 Å². The number of carbonyl (C=O) groups excluding carboxylic acids is 1. The summed E-state index contributed by atoms with van der Waals surface area (Å²) in [5.74, 6) is 0.505. The Morgan fingerprint density at radius 2 is 1.79 bits per heavy atom. The van der Waals surface area contributed by atoms with Gasteiger partial charge in [0, 0.05) is 23.6 Å². The summed E-state index contributed by atoms with van der Waals surface area (Å²) in [6.07, 6.45) is -4.18. The second kappa shape index (κ2) is 9.22. The van der Waals surface area contributed by atoms with Crippen LogP contribution < -0.4 is 4.90 Å². The number of nitrogens with zero attached hydrogens (tertiary/aromatic N) is 2. The van der Waals surface area contributed by atoms with Gasteiger partial charge in [0.1, 0.15) is 0 Å². The van der Waals surface area contributed by atoms with Gasteiger partial charge in [0.05, 0.1) is 17.8 Å². The van der Waals surface area contributed by atoms with Crippen molar-refractivity contribution in [3.05, 3.63) is 59.2 Å². The van der Waals surface area contributed by atoms with Crippen molar-refractivity contribution < 1.29 is 18.0 Å². The molecule has 0 N–H and O–H groups in total. The molecule has 3 nitrogen and oxygen atoms in total. The molecule has 1 heterocycles. The first-order valence-electron chi connectivity index (χ1n) is 9.77. The smallest absolute Gasteiger partial charge is 0.307 e. The zero-order valence-corrected chi connectivity index (χ0v) is 17.4. The molecule has 0 aromatic heterocycles. The third-order valence-electron chi connectivity index (χ3n) is 5.24. The summed E-state index contributed by atoms with van der Waals surface area (Å²) in [4.78, 5) is 17.5. The van der Waals surface area contributed by atoms with Gasteiger partial charge in [-0.1, -0.05) is 38.1 Å². The van der Waals surface area contributed by atoms with Crippen LogP contribution in [0.1, 0.15) is 37.0 Å². The van der Waals surface area contributed by atoms with Gasteiger partial charge in [0.25, 0.3) is 0 Å². The van der Waals surface area contributed by atoms with Gasteiger partial charge in [-0.15, -0.1) is 11.8 Å². The standard InChI is InChI=1S/C22H25F3N2OS/c1-3-26(4-2)12-11-21(28)27-14-16-7-5-6-8-17(16)15-29-20-10-9-18(13-19(20)27)22(23,24)25/h5-10,13H,3-4,11-12,14-15H2,1-2H3. The largest absolute Gasteiger partial charge is 0.416 e. The Hall–Kier alpha value is -1.99. The number of alkyl halides is 3. The van der Waals surface area contributed by atoms with E-state index in [9.17, 15) is 18.0 Å². The molecule has 0 saturated heterocycles. The van der Waals surface area contributed by atoms with Crippen LogP contribution in [0.25, 0.3) is 0 Å². The monoisotopic (exact) mass is 422 g/mol. The number of anilines is 1. The Balaban J connectivity index is 1.99. The van der Waals surface area contributed by atoms with Gasteiger partial charge in [-0.05, 0) is 42.4 Å². The average Bonchev–Trinajstić information content (AvgIpc) is 2.69. The summed E-state index contributed by atoms with van der Waals surface area (Å²) in [6, 6.07) is 11.5. The summed E-state index contributed by atoms with van der Waals surface area (Å²) < 4.78 is 40.0. The topological polar surface area (TPSA) is 23.6 Å². The second-order valence-electron chi connectivity index (χ2n) is 6.99. The average molecular weight is 423 g/mol. The van der Waals surface area contributed by atoms with Crippen molar-refractivity contribution in [2.24, 2.45) is 0 Å². The van der Waals surface area contributed by atoms with Crippen LogP contribution in [0.3, 0.4) is 0 Å². The van der Waals surface area contributed by atoms with Crippen LogP contribution >= 0.6 is 11.8 Å². The van der Waals surface area contributed by atoms with Crippen molar-refractivity contribution in [2.75, 3.05) is 24.5 Å². The lowest BCUT2D eigenvalue weighted by molar-refractivity contribution is -0.137. The maximum Gasteiger partial charge on any atom is 0.416 e. The molecular formula is C22H25F3N2OS. The van der Waals surface area contributed by atoms with Gasteiger partial charge in [0.2, 0.25) is 5.91 Å². The number of amides is 1. The van der Waals surface area contributed by atoms with Crippen molar-refractivity contribution in [3.8, 4) is 0 Å². The molecule has 0 radical (unpaired) electrons. The van der Waals surface area contributed by atoms with Gasteiger partial charge in [0.15, 0.2) is 0 Å². The molecule has 0 unspecified atom stereocenters. The van der Waals surface area contributed by atoms with E-state index in [1.807, 2.05) is 38.1 Å². The Bertz CT molecular complexity index is 865. The highest BCUT2D eigenvalue weighted by atomic mass is 32.2. The molecule has 3 rings (SSSR count). The number of benzene rings is 2. The summed E-state index contributed by atoms with van der Waals surface area (Å²) >= 11 is 1.47. The molecule has 0 spiro atoms. The predicted molar refractivity (Wildman–Crippen MR) is 111 cm³/mol. The van der Waals surface area contributed by atoms with E-state index in [1.54, 1.807) is 0 Å². The quantitative estimate of drug-likeness (QED) is 0.629. The van der Waals surface area contributed by atoms with E-state index >= 15 is 0 Å². The number of hydrogen-bond donors (Lipinski definition) is 0. The van der Waals surface area contributed by atoms with E-state index in [-0.39, 0.29) is 18.9 Å². The van der Waals surface area contributed by atoms with E-state index in [4.69, 9.17) is 0 Å². The third kappa shape index (κ3) is 5.14. The lowest BCUT2D eigenvalue weighted by Gasteiger charge is -2.30. The Kier molecular flexibility index (Phi) is 6.90. The molecule has 0 bridgehead atoms. The van der Waals surface area contributed by atoms with Crippen LogP contribution in [0.4, 0.5) is 18.9 Å². The molecule has 2 aromatic carbocycles. The van der Waals surface area contributed by atoms with Crippen LogP contribution in [0.2, 0.25) is 0 Å². The number of carbonyl (C=O) groups is 1. The van der Waals surface area contributed by atoms with E-state index in [1.165, 1.54) is 22.7 Å². The van der Waals surface area contributed by atoms with Crippen molar-refractivity contribution in [1.29, 1.82) is 0 Å². The van der Waals surface area contributed by atoms with Gasteiger partial charge in [-0.25, -0.2) is 0 Å². The normalized spacial score (nSPS) is 14.2. The number of thioether (sulfide) groups is 1. The molecule has 0 atom stereocenters. The fourth-order valence-electron chi connectivity index (χ4n) is 3.44. The minimum atomic E-state index is -4.45. The van der Waals surface area contributed by atoms with Gasteiger partial charge < -0.3 is 9.80 Å². The van der Waals surface area contributed by atoms with E-state index in [0.29, 0.717) is 22.9 Å². The first kappa shape index (κ1) is 21.7. The second-order valence-corrected chi connectivity index (χ2v) is 8.01. The highest BCUT2D eigenvalue weighted by Gasteiger charge is 2.33.